The maximum absolute atomic E-state index is 11.7. The number of para-hydroxylation sites is 2. The van der Waals surface area contributed by atoms with Crippen LogP contribution >= 0.6 is 27.5 Å². The maximum atomic E-state index is 11.7. The molecule has 4 nitrogen and oxygen atoms in total. The lowest BCUT2D eigenvalue weighted by molar-refractivity contribution is 0.247. The Bertz CT molecular complexity index is 622. The molecule has 2 aromatic rings. The van der Waals surface area contributed by atoms with Crippen LogP contribution in [0.2, 0.25) is 5.02 Å². The maximum Gasteiger partial charge on any atom is 0.319 e. The summed E-state index contributed by atoms with van der Waals surface area (Å²) in [6, 6.07) is 14.3. The lowest BCUT2D eigenvalue weighted by atomic mass is 10.3. The van der Waals surface area contributed by atoms with E-state index in [1.54, 1.807) is 12.1 Å². The van der Waals surface area contributed by atoms with Crippen molar-refractivity contribution in [2.75, 3.05) is 18.5 Å². The van der Waals surface area contributed by atoms with Crippen molar-refractivity contribution in [1.29, 1.82) is 0 Å². The highest BCUT2D eigenvalue weighted by atomic mass is 79.9. The molecule has 0 saturated carbocycles. The van der Waals surface area contributed by atoms with Crippen molar-refractivity contribution in [3.63, 3.8) is 0 Å². The van der Waals surface area contributed by atoms with Gasteiger partial charge in [0.1, 0.15) is 12.4 Å². The number of halogens is 2. The van der Waals surface area contributed by atoms with E-state index in [0.717, 1.165) is 4.47 Å². The summed E-state index contributed by atoms with van der Waals surface area (Å²) < 4.78 is 6.30. The van der Waals surface area contributed by atoms with E-state index >= 15 is 0 Å². The minimum Gasteiger partial charge on any atom is -0.490 e. The lowest BCUT2D eigenvalue weighted by Gasteiger charge is -2.10. The Morgan fingerprint density at radius 3 is 2.62 bits per heavy atom. The third-order valence-electron chi connectivity index (χ3n) is 2.60. The van der Waals surface area contributed by atoms with Gasteiger partial charge in [0.15, 0.2) is 0 Å². The number of urea groups is 1. The van der Waals surface area contributed by atoms with Crippen LogP contribution in [-0.4, -0.2) is 19.2 Å². The molecule has 0 spiro atoms. The van der Waals surface area contributed by atoms with Crippen LogP contribution in [0.1, 0.15) is 0 Å². The Hall–Kier alpha value is -1.72. The smallest absolute Gasteiger partial charge is 0.319 e. The summed E-state index contributed by atoms with van der Waals surface area (Å²) in [5.74, 6) is 0.604. The fourth-order valence-corrected chi connectivity index (χ4v) is 2.19. The molecule has 2 rings (SSSR count). The molecule has 0 unspecified atom stereocenters. The first-order chi connectivity index (χ1) is 10.2. The van der Waals surface area contributed by atoms with E-state index < -0.39 is 0 Å². The lowest BCUT2D eigenvalue weighted by Crippen LogP contribution is -2.32. The molecule has 0 heterocycles. The molecule has 2 aromatic carbocycles. The number of hydrogen-bond acceptors (Lipinski definition) is 2. The van der Waals surface area contributed by atoms with Crippen LogP contribution in [0.15, 0.2) is 53.0 Å². The minimum atomic E-state index is -0.287. The monoisotopic (exact) mass is 368 g/mol. The molecule has 0 bridgehead atoms. The second-order valence-electron chi connectivity index (χ2n) is 4.14. The Morgan fingerprint density at radius 2 is 1.86 bits per heavy atom. The van der Waals surface area contributed by atoms with Gasteiger partial charge in [-0.3, -0.25) is 0 Å². The van der Waals surface area contributed by atoms with E-state index in [1.165, 1.54) is 0 Å². The van der Waals surface area contributed by atoms with Crippen molar-refractivity contribution in [1.82, 2.24) is 5.32 Å². The van der Waals surface area contributed by atoms with Crippen molar-refractivity contribution < 1.29 is 9.53 Å². The minimum absolute atomic E-state index is 0.287. The van der Waals surface area contributed by atoms with Gasteiger partial charge in [0, 0.05) is 4.47 Å². The SMILES string of the molecule is O=C(NCCOc1ccccc1Cl)Nc1ccccc1Br. The van der Waals surface area contributed by atoms with Crippen molar-refractivity contribution >= 4 is 39.2 Å². The van der Waals surface area contributed by atoms with Gasteiger partial charge in [-0.05, 0) is 40.2 Å². The molecule has 0 aliphatic rings. The number of anilines is 1. The van der Waals surface area contributed by atoms with Crippen molar-refractivity contribution in [2.45, 2.75) is 0 Å². The molecule has 110 valence electrons. The molecule has 0 saturated heterocycles. The van der Waals surface area contributed by atoms with Gasteiger partial charge in [-0.1, -0.05) is 35.9 Å². The molecular formula is C15H14BrClN2O2. The quantitative estimate of drug-likeness (QED) is 0.772. The van der Waals surface area contributed by atoms with E-state index in [4.69, 9.17) is 16.3 Å². The standard InChI is InChI=1S/C15H14BrClN2O2/c16-11-5-1-3-7-13(11)19-15(20)18-9-10-21-14-8-4-2-6-12(14)17/h1-8H,9-10H2,(H2,18,19,20). The summed E-state index contributed by atoms with van der Waals surface area (Å²) in [6.07, 6.45) is 0. The molecular weight excluding hydrogens is 356 g/mol. The number of hydrogen-bond donors (Lipinski definition) is 2. The first kappa shape index (κ1) is 15.7. The molecule has 0 radical (unpaired) electrons. The van der Waals surface area contributed by atoms with Crippen molar-refractivity contribution in [2.24, 2.45) is 0 Å². The largest absolute Gasteiger partial charge is 0.490 e. The average molecular weight is 370 g/mol. The highest BCUT2D eigenvalue weighted by molar-refractivity contribution is 9.10. The normalized spacial score (nSPS) is 10.0. The molecule has 0 aliphatic carbocycles. The van der Waals surface area contributed by atoms with Gasteiger partial charge >= 0.3 is 6.03 Å². The zero-order chi connectivity index (χ0) is 15.1. The van der Waals surface area contributed by atoms with E-state index in [1.807, 2.05) is 36.4 Å². The predicted molar refractivity (Wildman–Crippen MR) is 88.1 cm³/mol. The molecule has 0 aromatic heterocycles. The summed E-state index contributed by atoms with van der Waals surface area (Å²) in [5.41, 5.74) is 0.710. The molecule has 21 heavy (non-hydrogen) atoms. The number of carbonyl (C=O) groups excluding carboxylic acids is 1. The van der Waals surface area contributed by atoms with Crippen LogP contribution in [-0.2, 0) is 0 Å². The van der Waals surface area contributed by atoms with Gasteiger partial charge < -0.3 is 15.4 Å². The Balaban J connectivity index is 1.73. The van der Waals surface area contributed by atoms with E-state index in [-0.39, 0.29) is 6.03 Å². The molecule has 0 fully saturated rings. The highest BCUT2D eigenvalue weighted by Gasteiger charge is 2.04. The van der Waals surface area contributed by atoms with Crippen molar-refractivity contribution in [3.05, 3.63) is 58.0 Å². The summed E-state index contributed by atoms with van der Waals surface area (Å²) in [6.45, 7) is 0.717. The molecule has 0 aliphatic heterocycles. The number of benzene rings is 2. The van der Waals surface area contributed by atoms with Gasteiger partial charge in [-0.25, -0.2) is 4.79 Å². The Morgan fingerprint density at radius 1 is 1.14 bits per heavy atom. The Kier molecular flexibility index (Phi) is 5.90. The van der Waals surface area contributed by atoms with Gasteiger partial charge in [0.2, 0.25) is 0 Å². The summed E-state index contributed by atoms with van der Waals surface area (Å²) in [5, 5.41) is 6.00. The van der Waals surface area contributed by atoms with E-state index in [0.29, 0.717) is 29.6 Å². The fourth-order valence-electron chi connectivity index (χ4n) is 1.62. The van der Waals surface area contributed by atoms with Crippen LogP contribution in [0.5, 0.6) is 5.75 Å². The summed E-state index contributed by atoms with van der Waals surface area (Å²) >= 11 is 9.32. The second-order valence-corrected chi connectivity index (χ2v) is 5.40. The third-order valence-corrected chi connectivity index (χ3v) is 3.61. The van der Waals surface area contributed by atoms with Crippen LogP contribution in [0.3, 0.4) is 0 Å². The molecule has 2 amide bonds. The van der Waals surface area contributed by atoms with Crippen LogP contribution in [0.4, 0.5) is 10.5 Å². The summed E-state index contributed by atoms with van der Waals surface area (Å²) in [4.78, 5) is 11.7. The van der Waals surface area contributed by atoms with Crippen molar-refractivity contribution in [3.8, 4) is 5.75 Å². The summed E-state index contributed by atoms with van der Waals surface area (Å²) in [7, 11) is 0. The number of amides is 2. The van der Waals surface area contributed by atoms with Gasteiger partial charge in [-0.15, -0.1) is 0 Å². The van der Waals surface area contributed by atoms with Gasteiger partial charge in [0.05, 0.1) is 17.3 Å². The van der Waals surface area contributed by atoms with Gasteiger partial charge in [-0.2, -0.15) is 0 Å². The van der Waals surface area contributed by atoms with E-state index in [9.17, 15) is 4.79 Å². The fraction of sp³-hybridized carbons (Fsp3) is 0.133. The first-order valence-corrected chi connectivity index (χ1v) is 7.50. The second kappa shape index (κ2) is 7.90. The van der Waals surface area contributed by atoms with Crippen LogP contribution < -0.4 is 15.4 Å². The molecule has 6 heteroatoms. The number of carbonyl (C=O) groups is 1. The van der Waals surface area contributed by atoms with E-state index in [2.05, 4.69) is 26.6 Å². The number of nitrogens with one attached hydrogen (secondary N) is 2. The molecule has 2 N–H and O–H groups in total. The predicted octanol–water partition coefficient (Wildman–Crippen LogP) is 4.30. The van der Waals surface area contributed by atoms with Gasteiger partial charge in [0.25, 0.3) is 0 Å². The number of ether oxygens (including phenoxy) is 1. The highest BCUT2D eigenvalue weighted by Crippen LogP contribution is 2.23. The number of rotatable bonds is 5. The zero-order valence-electron chi connectivity index (χ0n) is 11.1. The topological polar surface area (TPSA) is 50.4 Å². The van der Waals surface area contributed by atoms with Crippen LogP contribution in [0.25, 0.3) is 0 Å². The third kappa shape index (κ3) is 4.95. The zero-order valence-corrected chi connectivity index (χ0v) is 13.4. The Labute approximate surface area is 136 Å². The molecule has 0 atom stereocenters. The van der Waals surface area contributed by atoms with Crippen LogP contribution in [0, 0.1) is 0 Å². The first-order valence-electron chi connectivity index (χ1n) is 6.33. The average Bonchev–Trinajstić information content (AvgIpc) is 2.48.